The fourth-order valence-corrected chi connectivity index (χ4v) is 1.19. The smallest absolute Gasteiger partial charge is 0.260 e. The van der Waals surface area contributed by atoms with E-state index in [1.54, 1.807) is 6.92 Å². The molecule has 1 aliphatic rings. The van der Waals surface area contributed by atoms with Crippen LogP contribution in [-0.2, 0) is 9.59 Å². The third kappa shape index (κ3) is 1.05. The zero-order valence-corrected chi connectivity index (χ0v) is 6.83. The highest BCUT2D eigenvalue weighted by Gasteiger charge is 2.29. The number of imide groups is 1. The van der Waals surface area contributed by atoms with Crippen molar-refractivity contribution in [2.75, 3.05) is 0 Å². The number of hydrogen-bond donors (Lipinski definition) is 1. The molecule has 0 saturated carbocycles. The van der Waals surface area contributed by atoms with Crippen molar-refractivity contribution in [2.45, 2.75) is 6.92 Å². The van der Waals surface area contributed by atoms with Gasteiger partial charge in [0.1, 0.15) is 12.0 Å². The van der Waals surface area contributed by atoms with E-state index in [-0.39, 0.29) is 5.91 Å². The molecular formula is C8H6N2O3. The number of aromatic nitrogens is 1. The summed E-state index contributed by atoms with van der Waals surface area (Å²) in [5, 5.41) is 5.76. The number of nitrogens with one attached hydrogen (secondary N) is 1. The SMILES string of the molecule is CC1=C(c2ccon2)C(=O)NC1=O. The molecule has 2 rings (SSSR count). The molecule has 1 aromatic heterocycles. The molecule has 5 nitrogen and oxygen atoms in total. The van der Waals surface area contributed by atoms with Crippen LogP contribution in [0.3, 0.4) is 0 Å². The highest BCUT2D eigenvalue weighted by atomic mass is 16.5. The van der Waals surface area contributed by atoms with E-state index in [9.17, 15) is 9.59 Å². The largest absolute Gasteiger partial charge is 0.364 e. The number of nitrogens with zero attached hydrogens (tertiary/aromatic N) is 1. The van der Waals surface area contributed by atoms with Crippen LogP contribution < -0.4 is 5.32 Å². The Morgan fingerprint density at radius 2 is 2.15 bits per heavy atom. The van der Waals surface area contributed by atoms with E-state index in [4.69, 9.17) is 0 Å². The second-order valence-electron chi connectivity index (χ2n) is 2.67. The predicted molar refractivity (Wildman–Crippen MR) is 42.2 cm³/mol. The topological polar surface area (TPSA) is 72.2 Å². The van der Waals surface area contributed by atoms with Gasteiger partial charge in [-0.2, -0.15) is 0 Å². The van der Waals surface area contributed by atoms with Gasteiger partial charge in [-0.3, -0.25) is 14.9 Å². The third-order valence-electron chi connectivity index (χ3n) is 1.86. The summed E-state index contributed by atoms with van der Waals surface area (Å²) in [5.41, 5.74) is 1.05. The number of rotatable bonds is 1. The summed E-state index contributed by atoms with van der Waals surface area (Å²) in [7, 11) is 0. The van der Waals surface area contributed by atoms with E-state index >= 15 is 0 Å². The summed E-state index contributed by atoms with van der Waals surface area (Å²) in [6.07, 6.45) is 1.35. The fraction of sp³-hybridized carbons (Fsp3) is 0.125. The van der Waals surface area contributed by atoms with E-state index in [1.165, 1.54) is 12.3 Å². The van der Waals surface area contributed by atoms with Gasteiger partial charge in [0.2, 0.25) is 0 Å². The van der Waals surface area contributed by atoms with Crippen LogP contribution in [0.5, 0.6) is 0 Å². The molecule has 1 N–H and O–H groups in total. The lowest BCUT2D eigenvalue weighted by Crippen LogP contribution is -2.22. The van der Waals surface area contributed by atoms with Gasteiger partial charge in [-0.05, 0) is 6.92 Å². The fourth-order valence-electron chi connectivity index (χ4n) is 1.19. The number of carbonyl (C=O) groups excluding carboxylic acids is 2. The first kappa shape index (κ1) is 7.72. The molecule has 0 atom stereocenters. The minimum absolute atomic E-state index is 0.291. The molecule has 66 valence electrons. The normalized spacial score (nSPS) is 16.7. The molecular weight excluding hydrogens is 172 g/mol. The van der Waals surface area contributed by atoms with Crippen LogP contribution in [0.2, 0.25) is 0 Å². The predicted octanol–water partition coefficient (Wildman–Crippen LogP) is 0.104. The number of amides is 2. The molecule has 0 unspecified atom stereocenters. The maximum atomic E-state index is 11.2. The summed E-state index contributed by atoms with van der Waals surface area (Å²) >= 11 is 0. The van der Waals surface area contributed by atoms with Crippen molar-refractivity contribution in [1.82, 2.24) is 10.5 Å². The molecule has 2 heterocycles. The Bertz CT molecular complexity index is 403. The van der Waals surface area contributed by atoms with Crippen molar-refractivity contribution in [3.05, 3.63) is 23.6 Å². The molecule has 0 aromatic carbocycles. The standard InChI is InChI=1S/C8H6N2O3/c1-4-6(5-2-3-13-10-5)8(12)9-7(4)11/h2-3H,1H3,(H,9,11,12). The summed E-state index contributed by atoms with van der Waals surface area (Å²) < 4.78 is 4.58. The van der Waals surface area contributed by atoms with Crippen molar-refractivity contribution in [1.29, 1.82) is 0 Å². The first-order valence-electron chi connectivity index (χ1n) is 3.67. The van der Waals surface area contributed by atoms with Gasteiger partial charge in [-0.25, -0.2) is 0 Å². The molecule has 0 radical (unpaired) electrons. The lowest BCUT2D eigenvalue weighted by Gasteiger charge is -1.91. The van der Waals surface area contributed by atoms with Crippen LogP contribution in [0.25, 0.3) is 5.57 Å². The maximum absolute atomic E-state index is 11.2. The highest BCUT2D eigenvalue weighted by Crippen LogP contribution is 2.21. The molecule has 0 saturated heterocycles. The quantitative estimate of drug-likeness (QED) is 0.619. The molecule has 0 fully saturated rings. The van der Waals surface area contributed by atoms with Crippen molar-refractivity contribution < 1.29 is 14.1 Å². The van der Waals surface area contributed by atoms with Crippen molar-refractivity contribution >= 4 is 17.4 Å². The number of hydrogen-bond acceptors (Lipinski definition) is 4. The first-order valence-corrected chi connectivity index (χ1v) is 3.67. The summed E-state index contributed by atoms with van der Waals surface area (Å²) in [5.74, 6) is -0.792. The van der Waals surface area contributed by atoms with E-state index in [1.807, 2.05) is 0 Å². The second kappa shape index (κ2) is 2.55. The minimum atomic E-state index is -0.420. The Hall–Kier alpha value is -1.91. The van der Waals surface area contributed by atoms with Gasteiger partial charge < -0.3 is 4.52 Å². The molecule has 1 aromatic rings. The zero-order chi connectivity index (χ0) is 9.42. The van der Waals surface area contributed by atoms with Gasteiger partial charge in [0.25, 0.3) is 11.8 Å². The molecule has 0 aliphatic carbocycles. The second-order valence-corrected chi connectivity index (χ2v) is 2.67. The third-order valence-corrected chi connectivity index (χ3v) is 1.86. The van der Waals surface area contributed by atoms with Crippen LogP contribution in [0.1, 0.15) is 12.6 Å². The van der Waals surface area contributed by atoms with E-state index in [0.29, 0.717) is 16.8 Å². The van der Waals surface area contributed by atoms with E-state index < -0.39 is 5.91 Å². The molecule has 0 spiro atoms. The van der Waals surface area contributed by atoms with Crippen LogP contribution in [0.15, 0.2) is 22.4 Å². The average Bonchev–Trinajstić information content (AvgIpc) is 2.63. The van der Waals surface area contributed by atoms with Gasteiger partial charge in [0.05, 0.1) is 5.57 Å². The van der Waals surface area contributed by atoms with Gasteiger partial charge in [-0.15, -0.1) is 0 Å². The maximum Gasteiger partial charge on any atom is 0.260 e. The van der Waals surface area contributed by atoms with E-state index in [2.05, 4.69) is 15.0 Å². The molecule has 0 bridgehead atoms. The lowest BCUT2D eigenvalue weighted by molar-refractivity contribution is -0.123. The van der Waals surface area contributed by atoms with Crippen molar-refractivity contribution in [2.24, 2.45) is 0 Å². The Labute approximate surface area is 73.4 Å². The average molecular weight is 178 g/mol. The number of carbonyl (C=O) groups is 2. The Kier molecular flexibility index (Phi) is 1.51. The van der Waals surface area contributed by atoms with Crippen molar-refractivity contribution in [3.8, 4) is 0 Å². The van der Waals surface area contributed by atoms with Gasteiger partial charge in [-0.1, -0.05) is 5.16 Å². The van der Waals surface area contributed by atoms with Crippen LogP contribution in [0, 0.1) is 0 Å². The molecule has 5 heteroatoms. The van der Waals surface area contributed by atoms with E-state index in [0.717, 1.165) is 0 Å². The highest BCUT2D eigenvalue weighted by molar-refractivity contribution is 6.35. The van der Waals surface area contributed by atoms with Gasteiger partial charge in [0, 0.05) is 11.6 Å². The molecule has 2 amide bonds. The Balaban J connectivity index is 2.54. The van der Waals surface area contributed by atoms with Crippen molar-refractivity contribution in [3.63, 3.8) is 0 Å². The minimum Gasteiger partial charge on any atom is -0.364 e. The van der Waals surface area contributed by atoms with Gasteiger partial charge in [0.15, 0.2) is 0 Å². The first-order chi connectivity index (χ1) is 6.20. The van der Waals surface area contributed by atoms with Crippen LogP contribution in [-0.4, -0.2) is 17.0 Å². The summed E-state index contributed by atoms with van der Waals surface area (Å²) in [6.45, 7) is 1.57. The molecule has 1 aliphatic heterocycles. The lowest BCUT2D eigenvalue weighted by atomic mass is 10.1. The summed E-state index contributed by atoms with van der Waals surface area (Å²) in [4.78, 5) is 22.3. The van der Waals surface area contributed by atoms with Crippen LogP contribution in [0.4, 0.5) is 0 Å². The van der Waals surface area contributed by atoms with Crippen LogP contribution >= 0.6 is 0 Å². The molecule has 13 heavy (non-hydrogen) atoms. The Morgan fingerprint density at radius 1 is 1.38 bits per heavy atom. The monoisotopic (exact) mass is 178 g/mol. The summed E-state index contributed by atoms with van der Waals surface area (Å²) in [6, 6.07) is 1.54. The van der Waals surface area contributed by atoms with Gasteiger partial charge >= 0.3 is 0 Å². The Morgan fingerprint density at radius 3 is 2.62 bits per heavy atom. The zero-order valence-electron chi connectivity index (χ0n) is 6.83.